The molecule has 1 saturated carbocycles. The van der Waals surface area contributed by atoms with Crippen molar-refractivity contribution >= 4 is 35.0 Å². The summed E-state index contributed by atoms with van der Waals surface area (Å²) in [5, 5.41) is 7.61. The van der Waals surface area contributed by atoms with Crippen LogP contribution in [0, 0.1) is 11.3 Å². The average Bonchev–Trinajstić information content (AvgIpc) is 3.72. The number of hydrogen-bond donors (Lipinski definition) is 3. The predicted molar refractivity (Wildman–Crippen MR) is 139 cm³/mol. The van der Waals surface area contributed by atoms with Crippen LogP contribution in [0.25, 0.3) is 0 Å². The standard InChI is InChI=1S/C27H29ClF5N3O4/c1-14(16-5-6-16)35-24(38)19-11-17(7-9-21(19)40-13-22(29)30)36-23(37)18-10-15(4-8-20(18)28)12-34-25(39)26(2,3)27(31,32)33/h4,7-11,14,16,22H,5-6,12-13H2,1-3H3,(H,34,39)(H,35,38)(H,36,37). The molecule has 2 aromatic carbocycles. The molecular formula is C27H29ClF5N3O4. The zero-order valence-electron chi connectivity index (χ0n) is 21.9. The van der Waals surface area contributed by atoms with Gasteiger partial charge in [-0.15, -0.1) is 0 Å². The zero-order valence-corrected chi connectivity index (χ0v) is 22.7. The van der Waals surface area contributed by atoms with Crippen molar-refractivity contribution in [2.75, 3.05) is 11.9 Å². The Bertz CT molecular complexity index is 1270. The van der Waals surface area contributed by atoms with Gasteiger partial charge in [0, 0.05) is 18.3 Å². The van der Waals surface area contributed by atoms with Gasteiger partial charge in [0.2, 0.25) is 5.91 Å². The number of hydrogen-bond acceptors (Lipinski definition) is 4. The van der Waals surface area contributed by atoms with Crippen LogP contribution in [0.2, 0.25) is 5.02 Å². The van der Waals surface area contributed by atoms with Gasteiger partial charge in [-0.05, 0) is 75.4 Å². The molecule has 13 heteroatoms. The first-order chi connectivity index (χ1) is 18.6. The number of alkyl halides is 5. The summed E-state index contributed by atoms with van der Waals surface area (Å²) in [6, 6.07) is 7.89. The third-order valence-electron chi connectivity index (χ3n) is 6.54. The Morgan fingerprint density at radius 2 is 1.70 bits per heavy atom. The van der Waals surface area contributed by atoms with Gasteiger partial charge < -0.3 is 20.7 Å². The average molecular weight is 590 g/mol. The lowest BCUT2D eigenvalue weighted by Gasteiger charge is -2.26. The number of carbonyl (C=O) groups excluding carboxylic acids is 3. The third-order valence-corrected chi connectivity index (χ3v) is 6.87. The molecule has 3 rings (SSSR count). The lowest BCUT2D eigenvalue weighted by atomic mass is 9.91. The number of anilines is 1. The highest BCUT2D eigenvalue weighted by Crippen LogP contribution is 2.37. The van der Waals surface area contributed by atoms with Gasteiger partial charge in [0.05, 0.1) is 16.1 Å². The maximum absolute atomic E-state index is 13.1. The molecular weight excluding hydrogens is 561 g/mol. The van der Waals surface area contributed by atoms with E-state index in [0.29, 0.717) is 11.5 Å². The fourth-order valence-electron chi connectivity index (χ4n) is 3.65. The molecule has 3 amide bonds. The smallest absolute Gasteiger partial charge is 0.402 e. The van der Waals surface area contributed by atoms with Crippen molar-refractivity contribution in [3.8, 4) is 5.75 Å². The zero-order chi connectivity index (χ0) is 29.8. The first-order valence-electron chi connectivity index (χ1n) is 12.4. The normalized spacial score (nSPS) is 14.4. The molecule has 7 nitrogen and oxygen atoms in total. The molecule has 3 N–H and O–H groups in total. The van der Waals surface area contributed by atoms with Crippen LogP contribution in [0.3, 0.4) is 0 Å². The second kappa shape index (κ2) is 12.4. The second-order valence-electron chi connectivity index (χ2n) is 10.1. The van der Waals surface area contributed by atoms with Crippen LogP contribution >= 0.6 is 11.6 Å². The van der Waals surface area contributed by atoms with Crippen molar-refractivity contribution in [2.45, 2.75) is 58.8 Å². The Balaban J connectivity index is 1.77. The summed E-state index contributed by atoms with van der Waals surface area (Å²) >= 11 is 6.17. The third kappa shape index (κ3) is 7.83. The van der Waals surface area contributed by atoms with Gasteiger partial charge >= 0.3 is 6.18 Å². The van der Waals surface area contributed by atoms with Gasteiger partial charge in [-0.2, -0.15) is 13.2 Å². The summed E-state index contributed by atoms with van der Waals surface area (Å²) in [7, 11) is 0. The Kier molecular flexibility index (Phi) is 9.65. The Morgan fingerprint density at radius 3 is 2.30 bits per heavy atom. The molecule has 0 bridgehead atoms. The summed E-state index contributed by atoms with van der Waals surface area (Å²) in [6.07, 6.45) is -5.58. The van der Waals surface area contributed by atoms with Gasteiger partial charge in [0.25, 0.3) is 18.2 Å². The lowest BCUT2D eigenvalue weighted by Crippen LogP contribution is -2.46. The van der Waals surface area contributed by atoms with Gasteiger partial charge in [0.15, 0.2) is 0 Å². The minimum Gasteiger partial charge on any atom is -0.487 e. The minimum absolute atomic E-state index is 0.0244. The molecule has 1 fully saturated rings. The van der Waals surface area contributed by atoms with Crippen molar-refractivity contribution in [3.05, 3.63) is 58.1 Å². The number of benzene rings is 2. The summed E-state index contributed by atoms with van der Waals surface area (Å²) in [6.45, 7) is 2.13. The summed E-state index contributed by atoms with van der Waals surface area (Å²) in [4.78, 5) is 38.0. The fraction of sp³-hybridized carbons (Fsp3) is 0.444. The van der Waals surface area contributed by atoms with Crippen LogP contribution in [0.15, 0.2) is 36.4 Å². The molecule has 1 aliphatic rings. The molecule has 0 aromatic heterocycles. The first-order valence-corrected chi connectivity index (χ1v) is 12.8. The minimum atomic E-state index is -4.76. The molecule has 40 heavy (non-hydrogen) atoms. The molecule has 1 aliphatic carbocycles. The molecule has 1 unspecified atom stereocenters. The highest BCUT2D eigenvalue weighted by atomic mass is 35.5. The Labute approximate surface area is 232 Å². The lowest BCUT2D eigenvalue weighted by molar-refractivity contribution is -0.211. The van der Waals surface area contributed by atoms with Crippen LogP contribution in [0.4, 0.5) is 27.6 Å². The summed E-state index contributed by atoms with van der Waals surface area (Å²) in [5.74, 6) is -2.27. The van der Waals surface area contributed by atoms with Crippen LogP contribution in [0.5, 0.6) is 5.75 Å². The van der Waals surface area contributed by atoms with Gasteiger partial charge in [0.1, 0.15) is 17.8 Å². The van der Waals surface area contributed by atoms with E-state index in [-0.39, 0.29) is 40.2 Å². The molecule has 0 spiro atoms. The molecule has 218 valence electrons. The van der Waals surface area contributed by atoms with E-state index in [4.69, 9.17) is 16.3 Å². The van der Waals surface area contributed by atoms with E-state index in [9.17, 15) is 36.3 Å². The maximum atomic E-state index is 13.1. The van der Waals surface area contributed by atoms with E-state index < -0.39 is 42.3 Å². The monoisotopic (exact) mass is 589 g/mol. The van der Waals surface area contributed by atoms with Crippen molar-refractivity contribution in [2.24, 2.45) is 11.3 Å². The summed E-state index contributed by atoms with van der Waals surface area (Å²) < 4.78 is 69.9. The van der Waals surface area contributed by atoms with E-state index in [1.807, 2.05) is 6.92 Å². The van der Waals surface area contributed by atoms with E-state index in [1.165, 1.54) is 36.4 Å². The van der Waals surface area contributed by atoms with Crippen LogP contribution in [-0.2, 0) is 11.3 Å². The molecule has 0 aliphatic heterocycles. The van der Waals surface area contributed by atoms with Gasteiger partial charge in [-0.25, -0.2) is 8.78 Å². The number of carbonyl (C=O) groups is 3. The fourth-order valence-corrected chi connectivity index (χ4v) is 3.85. The molecule has 0 saturated heterocycles. The highest BCUT2D eigenvalue weighted by Gasteiger charge is 2.52. The maximum Gasteiger partial charge on any atom is 0.402 e. The van der Waals surface area contributed by atoms with Crippen molar-refractivity contribution in [1.82, 2.24) is 10.6 Å². The quantitative estimate of drug-likeness (QED) is 0.281. The molecule has 2 aromatic rings. The van der Waals surface area contributed by atoms with Gasteiger partial charge in [-0.3, -0.25) is 14.4 Å². The van der Waals surface area contributed by atoms with E-state index in [1.54, 1.807) is 0 Å². The van der Waals surface area contributed by atoms with Crippen molar-refractivity contribution < 1.29 is 41.1 Å². The topological polar surface area (TPSA) is 96.5 Å². The second-order valence-corrected chi connectivity index (χ2v) is 10.5. The number of amides is 3. The van der Waals surface area contributed by atoms with Crippen LogP contribution in [-0.4, -0.2) is 43.0 Å². The number of rotatable bonds is 11. The SMILES string of the molecule is CC(NC(=O)c1cc(NC(=O)c2cc(CNC(=O)C(C)(C)C(F)(F)F)ccc2Cl)ccc1OCC(F)F)C1CC1. The summed E-state index contributed by atoms with van der Waals surface area (Å²) in [5.41, 5.74) is -2.27. The highest BCUT2D eigenvalue weighted by molar-refractivity contribution is 6.34. The van der Waals surface area contributed by atoms with Crippen molar-refractivity contribution in [3.63, 3.8) is 0 Å². The Hall–Kier alpha value is -3.41. The number of ether oxygens (including phenoxy) is 1. The molecule has 0 heterocycles. The number of halogens is 6. The van der Waals surface area contributed by atoms with E-state index in [0.717, 1.165) is 26.7 Å². The molecule has 0 radical (unpaired) electrons. The van der Waals surface area contributed by atoms with E-state index in [2.05, 4.69) is 16.0 Å². The first kappa shape index (κ1) is 31.1. The Morgan fingerprint density at radius 1 is 1.02 bits per heavy atom. The van der Waals surface area contributed by atoms with Crippen LogP contribution in [0.1, 0.15) is 59.9 Å². The predicted octanol–water partition coefficient (Wildman–Crippen LogP) is 5.97. The molecule has 1 atom stereocenters. The van der Waals surface area contributed by atoms with Crippen molar-refractivity contribution in [1.29, 1.82) is 0 Å². The largest absolute Gasteiger partial charge is 0.487 e. The number of nitrogens with one attached hydrogen (secondary N) is 3. The van der Waals surface area contributed by atoms with Crippen LogP contribution < -0.4 is 20.7 Å². The van der Waals surface area contributed by atoms with Gasteiger partial charge in [-0.1, -0.05) is 17.7 Å². The van der Waals surface area contributed by atoms with E-state index >= 15 is 0 Å².